The lowest BCUT2D eigenvalue weighted by Crippen LogP contribution is -2.25. The first-order chi connectivity index (χ1) is 10.9. The molecule has 23 heavy (non-hydrogen) atoms. The highest BCUT2D eigenvalue weighted by Crippen LogP contribution is 2.21. The van der Waals surface area contributed by atoms with Crippen molar-refractivity contribution >= 4 is 27.5 Å². The third kappa shape index (κ3) is 4.34. The standard InChI is InChI=1S/C17H22BrN3O2/c1-5-23-15-8-6-14(7-9-15)19-17(22)11(2)10-21-13(4)16(18)12(3)20-21/h6-9,11H,5,10H2,1-4H3,(H,19,22)/t11-/m0/s1. The van der Waals surface area contributed by atoms with Crippen LogP contribution < -0.4 is 10.1 Å². The van der Waals surface area contributed by atoms with Crippen LogP contribution in [-0.4, -0.2) is 22.3 Å². The Morgan fingerprint density at radius 3 is 2.52 bits per heavy atom. The van der Waals surface area contributed by atoms with E-state index in [0.29, 0.717) is 13.2 Å². The van der Waals surface area contributed by atoms with Crippen molar-refractivity contribution in [3.05, 3.63) is 40.1 Å². The molecular weight excluding hydrogens is 358 g/mol. The van der Waals surface area contributed by atoms with Crippen LogP contribution in [0.1, 0.15) is 25.2 Å². The van der Waals surface area contributed by atoms with Gasteiger partial charge in [-0.3, -0.25) is 9.48 Å². The second-order valence-electron chi connectivity index (χ2n) is 5.51. The van der Waals surface area contributed by atoms with Crippen LogP contribution in [0.25, 0.3) is 0 Å². The van der Waals surface area contributed by atoms with E-state index in [9.17, 15) is 4.79 Å². The summed E-state index contributed by atoms with van der Waals surface area (Å²) in [5.41, 5.74) is 2.73. The topological polar surface area (TPSA) is 56.1 Å². The van der Waals surface area contributed by atoms with Crippen LogP contribution >= 0.6 is 15.9 Å². The Kier molecular flexibility index (Phi) is 5.82. The number of carbonyl (C=O) groups excluding carboxylic acids is 1. The van der Waals surface area contributed by atoms with E-state index in [1.165, 1.54) is 0 Å². The Balaban J connectivity index is 1.98. The van der Waals surface area contributed by atoms with Crippen molar-refractivity contribution in [1.29, 1.82) is 0 Å². The summed E-state index contributed by atoms with van der Waals surface area (Å²) in [6, 6.07) is 7.38. The number of halogens is 1. The number of aromatic nitrogens is 2. The zero-order valence-electron chi connectivity index (χ0n) is 13.9. The molecule has 1 N–H and O–H groups in total. The van der Waals surface area contributed by atoms with Crippen LogP contribution in [0.2, 0.25) is 0 Å². The van der Waals surface area contributed by atoms with Gasteiger partial charge >= 0.3 is 0 Å². The molecule has 0 aliphatic carbocycles. The van der Waals surface area contributed by atoms with Gasteiger partial charge in [-0.2, -0.15) is 5.10 Å². The number of hydrogen-bond acceptors (Lipinski definition) is 3. The number of amides is 1. The molecule has 0 aliphatic rings. The number of benzene rings is 1. The van der Waals surface area contributed by atoms with Crippen LogP contribution in [0.15, 0.2) is 28.7 Å². The van der Waals surface area contributed by atoms with Crippen molar-refractivity contribution in [2.24, 2.45) is 5.92 Å². The van der Waals surface area contributed by atoms with Gasteiger partial charge in [0.25, 0.3) is 0 Å². The largest absolute Gasteiger partial charge is 0.494 e. The van der Waals surface area contributed by atoms with E-state index >= 15 is 0 Å². The van der Waals surface area contributed by atoms with Gasteiger partial charge in [-0.25, -0.2) is 0 Å². The third-order valence-corrected chi connectivity index (χ3v) is 4.77. The van der Waals surface area contributed by atoms with Gasteiger partial charge in [0, 0.05) is 11.4 Å². The number of hydrogen-bond donors (Lipinski definition) is 1. The zero-order chi connectivity index (χ0) is 17.0. The van der Waals surface area contributed by atoms with Crippen molar-refractivity contribution in [3.8, 4) is 5.75 Å². The highest BCUT2D eigenvalue weighted by atomic mass is 79.9. The summed E-state index contributed by atoms with van der Waals surface area (Å²) in [7, 11) is 0. The van der Waals surface area contributed by atoms with Gasteiger partial charge in [0.15, 0.2) is 0 Å². The molecule has 0 fully saturated rings. The van der Waals surface area contributed by atoms with Gasteiger partial charge < -0.3 is 10.1 Å². The SMILES string of the molecule is CCOc1ccc(NC(=O)[C@@H](C)Cn2nc(C)c(Br)c2C)cc1. The number of nitrogens with zero attached hydrogens (tertiary/aromatic N) is 2. The average Bonchev–Trinajstić information content (AvgIpc) is 2.76. The second kappa shape index (κ2) is 7.64. The third-order valence-electron chi connectivity index (χ3n) is 3.62. The van der Waals surface area contributed by atoms with Gasteiger partial charge in [-0.15, -0.1) is 0 Å². The molecule has 0 radical (unpaired) electrons. The Bertz CT molecular complexity index is 680. The summed E-state index contributed by atoms with van der Waals surface area (Å²) < 4.78 is 8.25. The first-order valence-electron chi connectivity index (χ1n) is 7.65. The smallest absolute Gasteiger partial charge is 0.229 e. The predicted molar refractivity (Wildman–Crippen MR) is 94.8 cm³/mol. The molecule has 1 heterocycles. The maximum absolute atomic E-state index is 12.3. The maximum Gasteiger partial charge on any atom is 0.229 e. The summed E-state index contributed by atoms with van der Waals surface area (Å²) >= 11 is 3.50. The molecule has 0 spiro atoms. The number of nitrogens with one attached hydrogen (secondary N) is 1. The Morgan fingerprint density at radius 1 is 1.35 bits per heavy atom. The molecule has 124 valence electrons. The lowest BCUT2D eigenvalue weighted by molar-refractivity contribution is -0.119. The van der Waals surface area contributed by atoms with E-state index in [1.54, 1.807) is 0 Å². The quantitative estimate of drug-likeness (QED) is 0.826. The monoisotopic (exact) mass is 379 g/mol. The molecule has 1 aromatic heterocycles. The molecule has 1 amide bonds. The molecule has 5 nitrogen and oxygen atoms in total. The predicted octanol–water partition coefficient (Wildman–Crippen LogP) is 3.94. The molecular formula is C17H22BrN3O2. The molecule has 0 unspecified atom stereocenters. The summed E-state index contributed by atoms with van der Waals surface area (Å²) in [4.78, 5) is 12.3. The Morgan fingerprint density at radius 2 is 2.00 bits per heavy atom. The lowest BCUT2D eigenvalue weighted by Gasteiger charge is -2.14. The number of carbonyl (C=O) groups is 1. The Hall–Kier alpha value is -1.82. The van der Waals surface area contributed by atoms with E-state index < -0.39 is 0 Å². The maximum atomic E-state index is 12.3. The molecule has 0 bridgehead atoms. The van der Waals surface area contributed by atoms with Gasteiger partial charge in [0.2, 0.25) is 5.91 Å². The summed E-state index contributed by atoms with van der Waals surface area (Å²) in [5.74, 6) is 0.579. The fourth-order valence-corrected chi connectivity index (χ4v) is 2.55. The first kappa shape index (κ1) is 17.5. The summed E-state index contributed by atoms with van der Waals surface area (Å²) in [6.45, 7) is 8.93. The van der Waals surface area contributed by atoms with Crippen LogP contribution in [0, 0.1) is 19.8 Å². The van der Waals surface area contributed by atoms with E-state index in [0.717, 1.165) is 27.3 Å². The minimum atomic E-state index is -0.188. The van der Waals surface area contributed by atoms with Crippen molar-refractivity contribution in [1.82, 2.24) is 9.78 Å². The fourth-order valence-electron chi connectivity index (χ4n) is 2.26. The number of aryl methyl sites for hydroxylation is 1. The van der Waals surface area contributed by atoms with Gasteiger partial charge in [-0.1, -0.05) is 6.92 Å². The van der Waals surface area contributed by atoms with Gasteiger partial charge in [0.05, 0.1) is 29.2 Å². The van der Waals surface area contributed by atoms with E-state index in [-0.39, 0.29) is 11.8 Å². The van der Waals surface area contributed by atoms with Gasteiger partial charge in [0.1, 0.15) is 5.75 Å². The second-order valence-corrected chi connectivity index (χ2v) is 6.31. The van der Waals surface area contributed by atoms with Crippen LogP contribution in [0.4, 0.5) is 5.69 Å². The van der Waals surface area contributed by atoms with E-state index in [1.807, 2.05) is 56.6 Å². The van der Waals surface area contributed by atoms with E-state index in [4.69, 9.17) is 4.74 Å². The summed E-state index contributed by atoms with van der Waals surface area (Å²) in [6.07, 6.45) is 0. The number of rotatable bonds is 6. The highest BCUT2D eigenvalue weighted by molar-refractivity contribution is 9.10. The molecule has 0 saturated carbocycles. The minimum Gasteiger partial charge on any atom is -0.494 e. The molecule has 0 saturated heterocycles. The first-order valence-corrected chi connectivity index (χ1v) is 8.45. The number of anilines is 1. The van der Waals surface area contributed by atoms with Gasteiger partial charge in [-0.05, 0) is 61.0 Å². The van der Waals surface area contributed by atoms with Crippen LogP contribution in [0.5, 0.6) is 5.75 Å². The number of ether oxygens (including phenoxy) is 1. The molecule has 2 rings (SSSR count). The van der Waals surface area contributed by atoms with E-state index in [2.05, 4.69) is 26.3 Å². The van der Waals surface area contributed by atoms with Crippen molar-refractivity contribution in [3.63, 3.8) is 0 Å². The molecule has 2 aromatic rings. The fraction of sp³-hybridized carbons (Fsp3) is 0.412. The van der Waals surface area contributed by atoms with Crippen molar-refractivity contribution in [2.75, 3.05) is 11.9 Å². The normalized spacial score (nSPS) is 12.0. The lowest BCUT2D eigenvalue weighted by atomic mass is 10.1. The molecule has 6 heteroatoms. The van der Waals surface area contributed by atoms with Crippen LogP contribution in [0.3, 0.4) is 0 Å². The minimum absolute atomic E-state index is 0.0298. The molecule has 1 atom stereocenters. The highest BCUT2D eigenvalue weighted by Gasteiger charge is 2.17. The average molecular weight is 380 g/mol. The molecule has 0 aliphatic heterocycles. The Labute approximate surface area is 145 Å². The zero-order valence-corrected chi connectivity index (χ0v) is 15.5. The summed E-state index contributed by atoms with van der Waals surface area (Å²) in [5, 5.41) is 7.37. The van der Waals surface area contributed by atoms with Crippen molar-refractivity contribution in [2.45, 2.75) is 34.2 Å². The van der Waals surface area contributed by atoms with Crippen LogP contribution in [-0.2, 0) is 11.3 Å². The molecule has 1 aromatic carbocycles. The van der Waals surface area contributed by atoms with Crippen molar-refractivity contribution < 1.29 is 9.53 Å².